The number of hydrogen-bond acceptors (Lipinski definition) is 7. The van der Waals surface area contributed by atoms with Crippen LogP contribution in [0.25, 0.3) is 0 Å². The van der Waals surface area contributed by atoms with Crippen molar-refractivity contribution in [2.45, 2.75) is 213 Å². The zero-order chi connectivity index (χ0) is 51.9. The largest absolute Gasteiger partial charge is 0.756 e. The lowest BCUT2D eigenvalue weighted by Gasteiger charge is -2.28. The highest BCUT2D eigenvalue weighted by Crippen LogP contribution is 2.38. The van der Waals surface area contributed by atoms with Crippen molar-refractivity contribution in [1.82, 2.24) is 0 Å². The van der Waals surface area contributed by atoms with Gasteiger partial charge >= 0.3 is 5.97 Å². The van der Waals surface area contributed by atoms with Gasteiger partial charge in [0.2, 0.25) is 0 Å². The highest BCUT2D eigenvalue weighted by Gasteiger charge is 2.20. The Morgan fingerprint density at radius 1 is 0.437 bits per heavy atom. The van der Waals surface area contributed by atoms with Gasteiger partial charge in [-0.2, -0.15) is 0 Å². The second-order valence-corrected chi connectivity index (χ2v) is 20.9. The Morgan fingerprint density at radius 3 is 1.15 bits per heavy atom. The number of phosphoric acid groups is 1. The standard InChI is InChI=1S/C62H106NO7P/c1-6-8-10-12-14-16-18-20-22-24-26-28-30-31-32-34-36-38-40-42-44-46-48-50-52-54-57-67-59-61(60-69-71(65,66)68-58-56-63(3,4)5)70-62(64)55-53-51-49-47-45-43-41-39-37-35-33-29-27-25-23-21-19-17-15-13-11-9-7-2/h8-11,14-17,20-23,26-29,31-32,35,37,61H,6-7,12-13,18-19,24-25,30,33-34,36,38-60H2,1-5H3/b10-8-,11-9-,16-14-,17-15-,22-20-,23-21-,28-26-,29-27-,32-31-,37-35-. The van der Waals surface area contributed by atoms with Gasteiger partial charge in [-0.25, -0.2) is 0 Å². The summed E-state index contributed by atoms with van der Waals surface area (Å²) in [5.74, 6) is -0.351. The van der Waals surface area contributed by atoms with Gasteiger partial charge in [0.1, 0.15) is 19.3 Å². The molecule has 406 valence electrons. The Bertz CT molecular complexity index is 1550. The number of hydrogen-bond donors (Lipinski definition) is 0. The number of quaternary nitrogens is 1. The van der Waals surface area contributed by atoms with Crippen molar-refractivity contribution in [2.75, 3.05) is 54.1 Å². The zero-order valence-corrected chi connectivity index (χ0v) is 47.0. The molecule has 0 radical (unpaired) electrons. The van der Waals surface area contributed by atoms with Crippen LogP contribution in [0.1, 0.15) is 206 Å². The normalized spacial score (nSPS) is 14.4. The van der Waals surface area contributed by atoms with Crippen LogP contribution in [-0.2, 0) is 27.9 Å². The van der Waals surface area contributed by atoms with E-state index in [0.717, 1.165) is 109 Å². The molecule has 2 unspecified atom stereocenters. The Labute approximate surface area is 437 Å². The quantitative estimate of drug-likeness (QED) is 0.0197. The van der Waals surface area contributed by atoms with Crippen LogP contribution >= 0.6 is 7.82 Å². The summed E-state index contributed by atoms with van der Waals surface area (Å²) < 4.78 is 34.8. The Balaban J connectivity index is 4.16. The van der Waals surface area contributed by atoms with Gasteiger partial charge in [-0.15, -0.1) is 0 Å². The topological polar surface area (TPSA) is 94.1 Å². The minimum Gasteiger partial charge on any atom is -0.756 e. The minimum atomic E-state index is -4.55. The van der Waals surface area contributed by atoms with Gasteiger partial charge in [0.05, 0.1) is 34.4 Å². The van der Waals surface area contributed by atoms with Crippen LogP contribution in [0.5, 0.6) is 0 Å². The summed E-state index contributed by atoms with van der Waals surface area (Å²) in [6, 6.07) is 0. The molecule has 0 aliphatic carbocycles. The van der Waals surface area contributed by atoms with Crippen molar-refractivity contribution in [1.29, 1.82) is 0 Å². The molecular formula is C62H106NO7P. The average molecular weight is 1010 g/mol. The lowest BCUT2D eigenvalue weighted by Crippen LogP contribution is -2.37. The Hall–Kier alpha value is -3.10. The molecule has 0 amide bonds. The molecule has 8 nitrogen and oxygen atoms in total. The fraction of sp³-hybridized carbons (Fsp3) is 0.661. The molecule has 0 N–H and O–H groups in total. The van der Waals surface area contributed by atoms with Gasteiger partial charge < -0.3 is 27.9 Å². The van der Waals surface area contributed by atoms with E-state index in [2.05, 4.69) is 135 Å². The molecule has 0 rings (SSSR count). The third kappa shape index (κ3) is 57.7. The first-order valence-corrected chi connectivity index (χ1v) is 29.7. The molecule has 0 aromatic rings. The number of likely N-dealkylation sites (N-methyl/N-ethyl adjacent to an activating group) is 1. The second-order valence-electron chi connectivity index (χ2n) is 19.5. The number of unbranched alkanes of at least 4 members (excludes halogenated alkanes) is 17. The molecule has 0 aliphatic heterocycles. The number of phosphoric ester groups is 1. The molecular weight excluding hydrogens is 902 g/mol. The maximum atomic E-state index is 12.8. The third-order valence-electron chi connectivity index (χ3n) is 11.5. The maximum absolute atomic E-state index is 12.8. The molecule has 0 fully saturated rings. The molecule has 0 bridgehead atoms. The molecule has 0 saturated heterocycles. The molecule has 0 heterocycles. The molecule has 0 aromatic heterocycles. The van der Waals surface area contributed by atoms with Crippen molar-refractivity contribution < 1.29 is 37.3 Å². The van der Waals surface area contributed by atoms with Gasteiger partial charge in [0.15, 0.2) is 0 Å². The minimum absolute atomic E-state index is 0.0158. The summed E-state index contributed by atoms with van der Waals surface area (Å²) in [4.78, 5) is 25.3. The fourth-order valence-corrected chi connectivity index (χ4v) is 7.98. The molecule has 0 aromatic carbocycles. The summed E-state index contributed by atoms with van der Waals surface area (Å²) in [6.45, 7) is 5.14. The molecule has 0 spiro atoms. The zero-order valence-electron chi connectivity index (χ0n) is 46.1. The van der Waals surface area contributed by atoms with Crippen molar-refractivity contribution in [3.63, 3.8) is 0 Å². The predicted octanol–water partition coefficient (Wildman–Crippen LogP) is 17.4. The lowest BCUT2D eigenvalue weighted by molar-refractivity contribution is -0.870. The highest BCUT2D eigenvalue weighted by molar-refractivity contribution is 7.45. The number of allylic oxidation sites excluding steroid dienone is 20. The molecule has 71 heavy (non-hydrogen) atoms. The maximum Gasteiger partial charge on any atom is 0.306 e. The van der Waals surface area contributed by atoms with Crippen LogP contribution in [0.4, 0.5) is 0 Å². The van der Waals surface area contributed by atoms with Gasteiger partial charge in [0, 0.05) is 13.0 Å². The van der Waals surface area contributed by atoms with Crippen LogP contribution < -0.4 is 4.89 Å². The van der Waals surface area contributed by atoms with Gasteiger partial charge in [-0.05, 0) is 103 Å². The monoisotopic (exact) mass is 1010 g/mol. The summed E-state index contributed by atoms with van der Waals surface area (Å²) in [5.41, 5.74) is 0. The lowest BCUT2D eigenvalue weighted by atomic mass is 10.1. The number of carbonyl (C=O) groups is 1. The van der Waals surface area contributed by atoms with E-state index in [1.54, 1.807) is 0 Å². The van der Waals surface area contributed by atoms with E-state index in [4.69, 9.17) is 18.5 Å². The van der Waals surface area contributed by atoms with E-state index in [-0.39, 0.29) is 25.8 Å². The summed E-state index contributed by atoms with van der Waals surface area (Å²) in [7, 11) is 1.33. The van der Waals surface area contributed by atoms with Crippen LogP contribution in [0.2, 0.25) is 0 Å². The first-order chi connectivity index (χ1) is 34.6. The smallest absolute Gasteiger partial charge is 0.306 e. The van der Waals surface area contributed by atoms with Crippen LogP contribution in [0, 0.1) is 0 Å². The number of esters is 1. The van der Waals surface area contributed by atoms with Crippen LogP contribution in [0.15, 0.2) is 122 Å². The van der Waals surface area contributed by atoms with E-state index in [0.29, 0.717) is 24.1 Å². The summed E-state index contributed by atoms with van der Waals surface area (Å²) in [5, 5.41) is 0. The highest BCUT2D eigenvalue weighted by atomic mass is 31.2. The van der Waals surface area contributed by atoms with E-state index in [9.17, 15) is 14.3 Å². The first kappa shape index (κ1) is 67.9. The first-order valence-electron chi connectivity index (χ1n) is 28.3. The van der Waals surface area contributed by atoms with Gasteiger partial charge in [-0.1, -0.05) is 219 Å². The summed E-state index contributed by atoms with van der Waals surface area (Å²) in [6.07, 6.45) is 76.6. The number of ether oxygens (including phenoxy) is 2. The SMILES string of the molecule is CC/C=C\C/C=C\C/C=C\C/C=C\C/C=C\CCCCCCCCCCCCOCC(COP(=O)([O-])OCC[N+](C)(C)C)OC(=O)CCCCCCCCC/C=C\C/C=C\C/C=C\C/C=C\C/C=C\CC. The second kappa shape index (κ2) is 53.2. The van der Waals surface area contributed by atoms with Crippen LogP contribution in [0.3, 0.4) is 0 Å². The average Bonchev–Trinajstić information content (AvgIpc) is 3.33. The van der Waals surface area contributed by atoms with Gasteiger partial charge in [0.25, 0.3) is 7.82 Å². The number of rotatable bonds is 51. The van der Waals surface area contributed by atoms with E-state index in [1.807, 2.05) is 21.1 Å². The van der Waals surface area contributed by atoms with E-state index in [1.165, 1.54) is 77.0 Å². The van der Waals surface area contributed by atoms with Crippen molar-refractivity contribution >= 4 is 13.8 Å². The Morgan fingerprint density at radius 2 is 0.775 bits per heavy atom. The van der Waals surface area contributed by atoms with Crippen LogP contribution in [-0.4, -0.2) is 70.7 Å². The van der Waals surface area contributed by atoms with E-state index >= 15 is 0 Å². The fourth-order valence-electron chi connectivity index (χ4n) is 7.25. The third-order valence-corrected chi connectivity index (χ3v) is 12.5. The number of nitrogens with zero attached hydrogens (tertiary/aromatic N) is 1. The number of carbonyl (C=O) groups excluding carboxylic acids is 1. The summed E-state index contributed by atoms with van der Waals surface area (Å²) >= 11 is 0. The van der Waals surface area contributed by atoms with Crippen molar-refractivity contribution in [3.8, 4) is 0 Å². The molecule has 0 saturated carbocycles. The van der Waals surface area contributed by atoms with Crippen molar-refractivity contribution in [3.05, 3.63) is 122 Å². The molecule has 2 atom stereocenters. The predicted molar refractivity (Wildman–Crippen MR) is 304 cm³/mol. The Kier molecular flexibility index (Phi) is 50.9. The van der Waals surface area contributed by atoms with E-state index < -0.39 is 13.9 Å². The molecule has 0 aliphatic rings. The molecule has 9 heteroatoms. The van der Waals surface area contributed by atoms with Gasteiger partial charge in [-0.3, -0.25) is 9.36 Å². The van der Waals surface area contributed by atoms with Crippen molar-refractivity contribution in [2.24, 2.45) is 0 Å².